The van der Waals surface area contributed by atoms with Crippen LogP contribution in [0.3, 0.4) is 0 Å². The van der Waals surface area contributed by atoms with Crippen molar-refractivity contribution in [1.82, 2.24) is 15.2 Å². The summed E-state index contributed by atoms with van der Waals surface area (Å²) in [7, 11) is 1.56. The largest absolute Gasteiger partial charge is 0.492 e. The van der Waals surface area contributed by atoms with E-state index in [9.17, 15) is 4.79 Å². The first-order valence-corrected chi connectivity index (χ1v) is 6.68. The zero-order chi connectivity index (χ0) is 15.9. The Bertz CT molecular complexity index is 727. The predicted octanol–water partition coefficient (Wildman–Crippen LogP) is 1.33. The van der Waals surface area contributed by atoms with E-state index in [1.165, 1.54) is 0 Å². The molecular formula is C14H17N5O3. The second-order valence-corrected chi connectivity index (χ2v) is 4.26. The van der Waals surface area contributed by atoms with E-state index in [4.69, 9.17) is 9.47 Å². The van der Waals surface area contributed by atoms with E-state index in [0.29, 0.717) is 29.6 Å². The molecular weight excluding hydrogens is 286 g/mol. The van der Waals surface area contributed by atoms with E-state index in [1.54, 1.807) is 20.2 Å². The van der Waals surface area contributed by atoms with Crippen molar-refractivity contribution in [1.29, 1.82) is 0 Å². The number of ether oxygens (including phenoxy) is 2. The molecule has 1 heterocycles. The maximum atomic E-state index is 11.1. The molecule has 1 aromatic carbocycles. The van der Waals surface area contributed by atoms with Gasteiger partial charge in [-0.2, -0.15) is 15.2 Å². The number of nitrogens with zero attached hydrogens (tertiary/aromatic N) is 3. The smallest absolute Gasteiger partial charge is 0.363 e. The number of hydrogen-bond acceptors (Lipinski definition) is 7. The van der Waals surface area contributed by atoms with Crippen LogP contribution in [-0.4, -0.2) is 35.1 Å². The molecule has 0 fully saturated rings. The van der Waals surface area contributed by atoms with Crippen molar-refractivity contribution in [2.75, 3.05) is 19.1 Å². The van der Waals surface area contributed by atoms with Gasteiger partial charge in [0.1, 0.15) is 5.69 Å². The summed E-state index contributed by atoms with van der Waals surface area (Å²) in [6.45, 7) is 4.14. The Morgan fingerprint density at radius 2 is 2.27 bits per heavy atom. The van der Waals surface area contributed by atoms with Crippen molar-refractivity contribution >= 4 is 12.0 Å². The fourth-order valence-corrected chi connectivity index (χ4v) is 1.78. The first kappa shape index (κ1) is 15.5. The van der Waals surface area contributed by atoms with Crippen LogP contribution in [0.1, 0.15) is 18.2 Å². The highest BCUT2D eigenvalue weighted by Gasteiger charge is 2.08. The van der Waals surface area contributed by atoms with Gasteiger partial charge in [-0.15, -0.1) is 0 Å². The summed E-state index contributed by atoms with van der Waals surface area (Å²) in [4.78, 5) is 14.9. The van der Waals surface area contributed by atoms with Gasteiger partial charge >= 0.3 is 5.69 Å². The number of hydrazone groups is 1. The molecule has 2 rings (SSSR count). The number of aromatic nitrogens is 3. The number of anilines is 1. The molecule has 0 saturated heterocycles. The van der Waals surface area contributed by atoms with Crippen LogP contribution in [0.4, 0.5) is 5.82 Å². The third kappa shape index (κ3) is 3.60. The van der Waals surface area contributed by atoms with E-state index in [2.05, 4.69) is 25.7 Å². The van der Waals surface area contributed by atoms with Crippen molar-refractivity contribution in [3.63, 3.8) is 0 Å². The maximum absolute atomic E-state index is 11.1. The molecule has 1 aromatic heterocycles. The van der Waals surface area contributed by atoms with Crippen LogP contribution in [-0.2, 0) is 0 Å². The number of hydrogen-bond donors (Lipinski definition) is 2. The Kier molecular flexibility index (Phi) is 5.07. The number of rotatable bonds is 6. The lowest BCUT2D eigenvalue weighted by molar-refractivity contribution is 0.311. The second kappa shape index (κ2) is 7.21. The number of para-hydroxylation sites is 1. The third-order valence-corrected chi connectivity index (χ3v) is 2.76. The van der Waals surface area contributed by atoms with Crippen molar-refractivity contribution < 1.29 is 9.47 Å². The van der Waals surface area contributed by atoms with Gasteiger partial charge in [-0.05, 0) is 26.0 Å². The van der Waals surface area contributed by atoms with E-state index >= 15 is 0 Å². The Labute approximate surface area is 127 Å². The molecule has 0 saturated carbocycles. The van der Waals surface area contributed by atoms with Gasteiger partial charge in [-0.1, -0.05) is 6.07 Å². The molecule has 2 N–H and O–H groups in total. The summed E-state index contributed by atoms with van der Waals surface area (Å²) in [5.74, 6) is 1.52. The predicted molar refractivity (Wildman–Crippen MR) is 82.8 cm³/mol. The zero-order valence-corrected chi connectivity index (χ0v) is 12.6. The molecule has 0 radical (unpaired) electrons. The van der Waals surface area contributed by atoms with Crippen molar-refractivity contribution in [3.8, 4) is 11.5 Å². The zero-order valence-electron chi connectivity index (χ0n) is 12.6. The summed E-state index contributed by atoms with van der Waals surface area (Å²) in [6.07, 6.45) is 1.56. The van der Waals surface area contributed by atoms with E-state index in [1.807, 2.05) is 25.1 Å². The Hall–Kier alpha value is -2.90. The number of nitrogens with one attached hydrogen (secondary N) is 2. The molecule has 0 aliphatic rings. The average molecular weight is 303 g/mol. The molecule has 0 atom stereocenters. The van der Waals surface area contributed by atoms with Crippen LogP contribution in [0.2, 0.25) is 0 Å². The summed E-state index contributed by atoms with van der Waals surface area (Å²) < 4.78 is 10.8. The molecule has 0 amide bonds. The summed E-state index contributed by atoms with van der Waals surface area (Å²) in [5, 5.41) is 10.1. The fraction of sp³-hybridized carbons (Fsp3) is 0.286. The first-order valence-electron chi connectivity index (χ1n) is 6.68. The number of methoxy groups -OCH3 is 1. The number of H-pyrrole nitrogens is 1. The average Bonchev–Trinajstić information content (AvgIpc) is 2.51. The van der Waals surface area contributed by atoms with Gasteiger partial charge in [-0.25, -0.2) is 9.89 Å². The minimum atomic E-state index is -0.542. The maximum Gasteiger partial charge on any atom is 0.363 e. The summed E-state index contributed by atoms with van der Waals surface area (Å²) in [5.41, 5.74) is 3.41. The lowest BCUT2D eigenvalue weighted by atomic mass is 10.2. The van der Waals surface area contributed by atoms with Crippen LogP contribution >= 0.6 is 0 Å². The van der Waals surface area contributed by atoms with Crippen molar-refractivity contribution in [2.24, 2.45) is 5.10 Å². The minimum Gasteiger partial charge on any atom is -0.492 e. The molecule has 0 aliphatic heterocycles. The topological polar surface area (TPSA) is 101 Å². The number of aryl methyl sites for hydroxylation is 1. The van der Waals surface area contributed by atoms with Crippen molar-refractivity contribution in [3.05, 3.63) is 39.9 Å². The van der Waals surface area contributed by atoms with E-state index < -0.39 is 5.69 Å². The Morgan fingerprint density at radius 1 is 1.45 bits per heavy atom. The molecule has 0 unspecified atom stereocenters. The van der Waals surface area contributed by atoms with Crippen molar-refractivity contribution in [2.45, 2.75) is 13.8 Å². The molecule has 8 nitrogen and oxygen atoms in total. The first-order chi connectivity index (χ1) is 10.7. The van der Waals surface area contributed by atoms with Gasteiger partial charge in [0.2, 0.25) is 0 Å². The fourth-order valence-electron chi connectivity index (χ4n) is 1.78. The van der Waals surface area contributed by atoms with Gasteiger partial charge < -0.3 is 9.47 Å². The summed E-state index contributed by atoms with van der Waals surface area (Å²) in [6, 6.07) is 5.50. The SMILES string of the molecule is CCOc1cccc(/C=N/Nc2nc(=O)[nH]nc2C)c1OC. The van der Waals surface area contributed by atoms with E-state index in [-0.39, 0.29) is 0 Å². The molecule has 8 heteroatoms. The second-order valence-electron chi connectivity index (χ2n) is 4.26. The lowest BCUT2D eigenvalue weighted by Crippen LogP contribution is -2.15. The normalized spacial score (nSPS) is 10.7. The highest BCUT2D eigenvalue weighted by Crippen LogP contribution is 2.29. The molecule has 0 bridgehead atoms. The van der Waals surface area contributed by atoms with Crippen LogP contribution in [0, 0.1) is 6.92 Å². The molecule has 2 aromatic rings. The van der Waals surface area contributed by atoms with Gasteiger partial charge in [0.05, 0.1) is 19.9 Å². The van der Waals surface area contributed by atoms with Gasteiger partial charge in [0.15, 0.2) is 17.3 Å². The number of aromatic amines is 1. The lowest BCUT2D eigenvalue weighted by Gasteiger charge is -2.11. The molecule has 22 heavy (non-hydrogen) atoms. The number of benzene rings is 1. The van der Waals surface area contributed by atoms with E-state index in [0.717, 1.165) is 5.56 Å². The minimum absolute atomic E-state index is 0.292. The monoisotopic (exact) mass is 303 g/mol. The Balaban J connectivity index is 2.21. The standard InChI is InChI=1S/C14H17N5O3/c1-4-22-11-7-5-6-10(12(11)21-3)8-15-18-13-9(2)17-19-14(20)16-13/h5-8H,4H2,1-3H3,(H2,16,18,19,20)/b15-8+. The van der Waals surface area contributed by atoms with Gasteiger partial charge in [0.25, 0.3) is 0 Å². The van der Waals surface area contributed by atoms with Crippen LogP contribution in [0.5, 0.6) is 11.5 Å². The van der Waals surface area contributed by atoms with Gasteiger partial charge in [0, 0.05) is 5.56 Å². The quantitative estimate of drug-likeness (QED) is 0.616. The molecule has 0 aliphatic carbocycles. The molecule has 0 spiro atoms. The highest BCUT2D eigenvalue weighted by molar-refractivity contribution is 5.85. The van der Waals surface area contributed by atoms with Crippen LogP contribution < -0.4 is 20.6 Å². The van der Waals surface area contributed by atoms with Crippen LogP contribution in [0.25, 0.3) is 0 Å². The van der Waals surface area contributed by atoms with Gasteiger partial charge in [-0.3, -0.25) is 5.43 Å². The summed E-state index contributed by atoms with van der Waals surface area (Å²) >= 11 is 0. The van der Waals surface area contributed by atoms with Crippen LogP contribution in [0.15, 0.2) is 28.1 Å². The highest BCUT2D eigenvalue weighted by atomic mass is 16.5. The molecule has 116 valence electrons. The Morgan fingerprint density at radius 3 is 3.00 bits per heavy atom. The third-order valence-electron chi connectivity index (χ3n) is 2.76.